The van der Waals surface area contributed by atoms with Crippen molar-refractivity contribution in [1.82, 2.24) is 0 Å². The highest BCUT2D eigenvalue weighted by Crippen LogP contribution is 2.61. The van der Waals surface area contributed by atoms with Crippen molar-refractivity contribution in [2.45, 2.75) is 102 Å². The smallest absolute Gasteiger partial charge is 0.0529 e. The summed E-state index contributed by atoms with van der Waals surface area (Å²) < 4.78 is 0. The Morgan fingerprint density at radius 1 is 0.839 bits per heavy atom. The molecule has 0 bridgehead atoms. The minimum absolute atomic E-state index is 0.0295. The van der Waals surface area contributed by atoms with E-state index in [1.807, 2.05) is 0 Å². The Morgan fingerprint density at radius 3 is 1.90 bits per heavy atom. The van der Waals surface area contributed by atoms with Gasteiger partial charge in [0.25, 0.3) is 0 Å². The summed E-state index contributed by atoms with van der Waals surface area (Å²) in [4.78, 5) is 2.75. The van der Waals surface area contributed by atoms with Crippen LogP contribution in [0.5, 0.6) is 0 Å². The van der Waals surface area contributed by atoms with E-state index in [4.69, 9.17) is 11.6 Å². The maximum atomic E-state index is 6.93. The van der Waals surface area contributed by atoms with E-state index >= 15 is 0 Å². The van der Waals surface area contributed by atoms with E-state index in [9.17, 15) is 0 Å². The molecule has 2 aromatic carbocycles. The van der Waals surface area contributed by atoms with E-state index in [1.165, 1.54) is 27.9 Å². The lowest BCUT2D eigenvalue weighted by molar-refractivity contribution is 0.324. The van der Waals surface area contributed by atoms with Crippen molar-refractivity contribution in [2.75, 3.05) is 10.8 Å². The molecule has 168 valence electrons. The van der Waals surface area contributed by atoms with Gasteiger partial charge >= 0.3 is 0 Å². The second-order valence-corrected chi connectivity index (χ2v) is 12.2. The molecule has 1 fully saturated rings. The fourth-order valence-corrected chi connectivity index (χ4v) is 7.48. The summed E-state index contributed by atoms with van der Waals surface area (Å²) in [5.74, 6) is 1.60. The SMILES string of the molecule is CC(C)c1cccc(C(C)C)c1N1C(CCl)C2(CC(C)(C)c3ccccc32)CC1(C)C. The van der Waals surface area contributed by atoms with Crippen molar-refractivity contribution in [3.63, 3.8) is 0 Å². The average Bonchev–Trinajstić information content (AvgIpc) is 3.06. The van der Waals surface area contributed by atoms with Crippen LogP contribution in [0.4, 0.5) is 5.69 Å². The number of hydrogen-bond donors (Lipinski definition) is 0. The molecule has 0 saturated carbocycles. The number of benzene rings is 2. The number of alkyl halides is 1. The van der Waals surface area contributed by atoms with E-state index in [2.05, 4.69) is 103 Å². The van der Waals surface area contributed by atoms with Gasteiger partial charge in [0, 0.05) is 22.5 Å². The third kappa shape index (κ3) is 3.34. The summed E-state index contributed by atoms with van der Waals surface area (Å²) in [5.41, 5.74) is 7.70. The zero-order valence-corrected chi connectivity index (χ0v) is 21.5. The zero-order valence-electron chi connectivity index (χ0n) is 20.7. The van der Waals surface area contributed by atoms with Gasteiger partial charge in [-0.15, -0.1) is 11.6 Å². The summed E-state index contributed by atoms with van der Waals surface area (Å²) in [7, 11) is 0. The van der Waals surface area contributed by atoms with Gasteiger partial charge in [-0.2, -0.15) is 0 Å². The molecule has 31 heavy (non-hydrogen) atoms. The van der Waals surface area contributed by atoms with Crippen LogP contribution in [0.3, 0.4) is 0 Å². The minimum Gasteiger partial charge on any atom is -0.361 e. The predicted molar refractivity (Wildman–Crippen MR) is 136 cm³/mol. The fraction of sp³-hybridized carbons (Fsp3) is 0.586. The highest BCUT2D eigenvalue weighted by molar-refractivity contribution is 6.18. The second kappa shape index (κ2) is 7.55. The van der Waals surface area contributed by atoms with Crippen LogP contribution in [0.1, 0.15) is 102 Å². The van der Waals surface area contributed by atoms with Gasteiger partial charge in [0.15, 0.2) is 0 Å². The number of nitrogens with zero attached hydrogens (tertiary/aromatic N) is 1. The van der Waals surface area contributed by atoms with E-state index in [1.54, 1.807) is 0 Å². The van der Waals surface area contributed by atoms with Crippen molar-refractivity contribution < 1.29 is 0 Å². The number of rotatable bonds is 4. The van der Waals surface area contributed by atoms with Crippen molar-refractivity contribution in [3.05, 3.63) is 64.7 Å². The molecule has 1 aliphatic heterocycles. The van der Waals surface area contributed by atoms with Gasteiger partial charge in [-0.25, -0.2) is 0 Å². The molecule has 2 atom stereocenters. The Hall–Kier alpha value is -1.47. The summed E-state index contributed by atoms with van der Waals surface area (Å²) >= 11 is 6.93. The second-order valence-electron chi connectivity index (χ2n) is 11.9. The third-order valence-electron chi connectivity index (χ3n) is 8.03. The van der Waals surface area contributed by atoms with Crippen LogP contribution in [0.15, 0.2) is 42.5 Å². The molecule has 1 heterocycles. The molecule has 1 nitrogen and oxygen atoms in total. The molecule has 1 saturated heterocycles. The molecule has 4 rings (SSSR count). The quantitative estimate of drug-likeness (QED) is 0.436. The van der Waals surface area contributed by atoms with Crippen LogP contribution in [-0.2, 0) is 10.8 Å². The van der Waals surface area contributed by atoms with Gasteiger partial charge < -0.3 is 4.90 Å². The first-order valence-corrected chi connectivity index (χ1v) is 12.6. The van der Waals surface area contributed by atoms with Gasteiger partial charge in [-0.1, -0.05) is 84.0 Å². The Balaban J connectivity index is 1.98. The van der Waals surface area contributed by atoms with E-state index in [-0.39, 0.29) is 22.4 Å². The van der Waals surface area contributed by atoms with Gasteiger partial charge in [0.1, 0.15) is 0 Å². The minimum atomic E-state index is 0.0295. The Kier molecular flexibility index (Phi) is 5.53. The predicted octanol–water partition coefficient (Wildman–Crippen LogP) is 8.15. The van der Waals surface area contributed by atoms with E-state index in [0.29, 0.717) is 17.7 Å². The monoisotopic (exact) mass is 437 g/mol. The Labute approximate surface area is 195 Å². The molecule has 1 aliphatic carbocycles. The van der Waals surface area contributed by atoms with E-state index < -0.39 is 0 Å². The summed E-state index contributed by atoms with van der Waals surface area (Å²) in [5, 5.41) is 0. The summed E-state index contributed by atoms with van der Waals surface area (Å²) in [6, 6.07) is 16.4. The molecule has 2 heteroatoms. The molecular formula is C29H40ClN. The lowest BCUT2D eigenvalue weighted by Gasteiger charge is -2.43. The molecule has 0 amide bonds. The molecule has 2 aliphatic rings. The average molecular weight is 438 g/mol. The first-order valence-electron chi connectivity index (χ1n) is 12.0. The van der Waals surface area contributed by atoms with Gasteiger partial charge in [0.2, 0.25) is 0 Å². The molecule has 2 unspecified atom stereocenters. The van der Waals surface area contributed by atoms with Crippen LogP contribution < -0.4 is 4.90 Å². The Bertz CT molecular complexity index is 944. The number of halogens is 1. The van der Waals surface area contributed by atoms with Crippen LogP contribution in [0.25, 0.3) is 0 Å². The van der Waals surface area contributed by atoms with Crippen LogP contribution >= 0.6 is 11.6 Å². The first kappa shape index (κ1) is 22.7. The number of para-hydroxylation sites is 1. The first-order chi connectivity index (χ1) is 14.5. The van der Waals surface area contributed by atoms with Crippen LogP contribution in [0, 0.1) is 0 Å². The molecule has 1 spiro atoms. The molecular weight excluding hydrogens is 398 g/mol. The highest BCUT2D eigenvalue weighted by Gasteiger charge is 2.61. The normalized spacial score (nSPS) is 26.3. The molecule has 0 radical (unpaired) electrons. The summed E-state index contributed by atoms with van der Waals surface area (Å²) in [6.45, 7) is 19.0. The topological polar surface area (TPSA) is 3.24 Å². The van der Waals surface area contributed by atoms with Crippen LogP contribution in [0.2, 0.25) is 0 Å². The fourth-order valence-electron chi connectivity index (χ4n) is 7.05. The van der Waals surface area contributed by atoms with Crippen molar-refractivity contribution >= 4 is 17.3 Å². The maximum Gasteiger partial charge on any atom is 0.0529 e. The molecule has 2 aromatic rings. The van der Waals surface area contributed by atoms with Crippen molar-refractivity contribution in [3.8, 4) is 0 Å². The van der Waals surface area contributed by atoms with Gasteiger partial charge in [-0.05, 0) is 66.2 Å². The number of fused-ring (bicyclic) bond motifs is 2. The molecule has 0 N–H and O–H groups in total. The van der Waals surface area contributed by atoms with Crippen LogP contribution in [-0.4, -0.2) is 17.5 Å². The Morgan fingerprint density at radius 2 is 1.39 bits per heavy atom. The third-order valence-corrected chi connectivity index (χ3v) is 8.32. The lowest BCUT2D eigenvalue weighted by Crippen LogP contribution is -2.48. The van der Waals surface area contributed by atoms with Crippen molar-refractivity contribution in [1.29, 1.82) is 0 Å². The maximum absolute atomic E-state index is 6.93. The zero-order chi connectivity index (χ0) is 22.8. The molecule has 0 aromatic heterocycles. The standard InChI is InChI=1S/C29H40ClN/c1-19(2)21-12-11-13-22(20(3)4)26(21)31-25(16-30)29(18-28(31,7)8)17-27(5,6)23-14-9-10-15-24(23)29/h9-15,19-20,25H,16-18H2,1-8H3. The number of anilines is 1. The van der Waals surface area contributed by atoms with Gasteiger partial charge in [-0.3, -0.25) is 0 Å². The van der Waals surface area contributed by atoms with Crippen molar-refractivity contribution in [2.24, 2.45) is 0 Å². The number of hydrogen-bond acceptors (Lipinski definition) is 1. The lowest BCUT2D eigenvalue weighted by atomic mass is 9.71. The van der Waals surface area contributed by atoms with E-state index in [0.717, 1.165) is 12.8 Å². The van der Waals surface area contributed by atoms with Gasteiger partial charge in [0.05, 0.1) is 6.04 Å². The largest absolute Gasteiger partial charge is 0.361 e. The summed E-state index contributed by atoms with van der Waals surface area (Å²) in [6.07, 6.45) is 2.30. The highest BCUT2D eigenvalue weighted by atomic mass is 35.5.